The van der Waals surface area contributed by atoms with Crippen molar-refractivity contribution < 1.29 is 12.8 Å². The molecule has 1 heterocycles. The van der Waals surface area contributed by atoms with Crippen LogP contribution in [0.4, 0.5) is 10.1 Å². The topological polar surface area (TPSA) is 37.4 Å². The van der Waals surface area contributed by atoms with Gasteiger partial charge in [0.05, 0.1) is 11.5 Å². The van der Waals surface area contributed by atoms with E-state index in [9.17, 15) is 12.8 Å². The van der Waals surface area contributed by atoms with E-state index < -0.39 is 9.84 Å². The van der Waals surface area contributed by atoms with Gasteiger partial charge in [-0.15, -0.1) is 0 Å². The Balaban J connectivity index is 2.29. The Hall–Kier alpha value is -0.620. The molecule has 0 radical (unpaired) electrons. The summed E-state index contributed by atoms with van der Waals surface area (Å²) in [6, 6.07) is 4.93. The third kappa shape index (κ3) is 3.03. The molecule has 0 N–H and O–H groups in total. The summed E-state index contributed by atoms with van der Waals surface area (Å²) >= 11 is 3.28. The molecule has 0 spiro atoms. The van der Waals surface area contributed by atoms with E-state index in [2.05, 4.69) is 15.9 Å². The van der Waals surface area contributed by atoms with Gasteiger partial charge in [-0.2, -0.15) is 0 Å². The van der Waals surface area contributed by atoms with Crippen LogP contribution in [0, 0.1) is 5.82 Å². The molecule has 6 heteroatoms. The summed E-state index contributed by atoms with van der Waals surface area (Å²) in [7, 11) is -2.94. The van der Waals surface area contributed by atoms with Crippen molar-refractivity contribution in [1.82, 2.24) is 0 Å². The van der Waals surface area contributed by atoms with Gasteiger partial charge in [-0.3, -0.25) is 0 Å². The van der Waals surface area contributed by atoms with Crippen LogP contribution in [-0.4, -0.2) is 33.0 Å². The van der Waals surface area contributed by atoms with Gasteiger partial charge >= 0.3 is 0 Å². The van der Waals surface area contributed by atoms with Crippen molar-refractivity contribution in [3.63, 3.8) is 0 Å². The van der Waals surface area contributed by atoms with Gasteiger partial charge < -0.3 is 4.90 Å². The van der Waals surface area contributed by atoms with Crippen LogP contribution in [0.2, 0.25) is 0 Å². The molecular formula is C12H15BrFNO2S. The highest BCUT2D eigenvalue weighted by Gasteiger charge is 2.21. The van der Waals surface area contributed by atoms with Crippen molar-refractivity contribution in [3.05, 3.63) is 29.6 Å². The van der Waals surface area contributed by atoms with Gasteiger partial charge in [0.15, 0.2) is 9.84 Å². The van der Waals surface area contributed by atoms with E-state index in [0.717, 1.165) is 5.69 Å². The molecule has 0 amide bonds. The third-order valence-corrected chi connectivity index (χ3v) is 5.40. The molecule has 100 valence electrons. The molecule has 0 bridgehead atoms. The minimum atomic E-state index is -2.94. The number of sulfone groups is 1. The van der Waals surface area contributed by atoms with Gasteiger partial charge in [-0.1, -0.05) is 22.0 Å². The van der Waals surface area contributed by atoms with Gasteiger partial charge in [-0.05, 0) is 18.6 Å². The zero-order valence-corrected chi connectivity index (χ0v) is 12.3. The first kappa shape index (κ1) is 13.8. The van der Waals surface area contributed by atoms with Crippen LogP contribution in [0.15, 0.2) is 18.2 Å². The van der Waals surface area contributed by atoms with Crippen molar-refractivity contribution in [2.24, 2.45) is 0 Å². The minimum Gasteiger partial charge on any atom is -0.370 e. The second-order valence-electron chi connectivity index (χ2n) is 4.36. The number of nitrogens with zero attached hydrogens (tertiary/aromatic N) is 1. The predicted molar refractivity (Wildman–Crippen MR) is 74.5 cm³/mol. The molecule has 0 aromatic heterocycles. The quantitative estimate of drug-likeness (QED) is 0.778. The summed E-state index contributed by atoms with van der Waals surface area (Å²) in [6.07, 6.45) is 0.598. The lowest BCUT2D eigenvalue weighted by Crippen LogP contribution is -2.27. The van der Waals surface area contributed by atoms with Gasteiger partial charge in [0.25, 0.3) is 0 Å². The Morgan fingerprint density at radius 1 is 1.28 bits per heavy atom. The number of benzene rings is 1. The van der Waals surface area contributed by atoms with E-state index in [0.29, 0.717) is 30.4 Å². The van der Waals surface area contributed by atoms with Crippen LogP contribution in [0.25, 0.3) is 0 Å². The molecule has 18 heavy (non-hydrogen) atoms. The molecule has 0 saturated carbocycles. The fourth-order valence-electron chi connectivity index (χ4n) is 2.16. The number of anilines is 1. The molecule has 1 aromatic rings. The van der Waals surface area contributed by atoms with E-state index in [-0.39, 0.29) is 17.3 Å². The molecule has 3 nitrogen and oxygen atoms in total. The molecule has 1 aliphatic heterocycles. The van der Waals surface area contributed by atoms with Crippen LogP contribution in [0.1, 0.15) is 12.0 Å². The van der Waals surface area contributed by atoms with E-state index in [1.807, 2.05) is 11.0 Å². The second-order valence-corrected chi connectivity index (χ2v) is 7.23. The van der Waals surface area contributed by atoms with E-state index >= 15 is 0 Å². The summed E-state index contributed by atoms with van der Waals surface area (Å²) in [4.78, 5) is 1.96. The first-order valence-electron chi connectivity index (χ1n) is 5.82. The molecule has 1 fully saturated rings. The standard InChI is InChI=1S/C12H15BrFNO2S/c13-9-10-11(14)3-1-4-12(10)15-5-2-7-18(16,17)8-6-15/h1,3-4H,2,5-9H2. The molecule has 0 unspecified atom stereocenters. The van der Waals surface area contributed by atoms with Crippen LogP contribution < -0.4 is 4.90 Å². The maximum absolute atomic E-state index is 13.7. The monoisotopic (exact) mass is 335 g/mol. The molecule has 2 rings (SSSR count). The minimum absolute atomic E-state index is 0.144. The SMILES string of the molecule is O=S1(=O)CCCN(c2cccc(F)c2CBr)CC1. The second kappa shape index (κ2) is 5.57. The summed E-state index contributed by atoms with van der Waals surface area (Å²) in [5.41, 5.74) is 1.39. The van der Waals surface area contributed by atoms with E-state index in [1.165, 1.54) is 6.07 Å². The Morgan fingerprint density at radius 3 is 2.78 bits per heavy atom. The van der Waals surface area contributed by atoms with Crippen LogP contribution >= 0.6 is 15.9 Å². The van der Waals surface area contributed by atoms with Crippen molar-refractivity contribution in [3.8, 4) is 0 Å². The van der Waals surface area contributed by atoms with E-state index in [1.54, 1.807) is 6.07 Å². The molecular weight excluding hydrogens is 321 g/mol. The average Bonchev–Trinajstić information content (AvgIpc) is 2.50. The van der Waals surface area contributed by atoms with Crippen LogP contribution in [0.3, 0.4) is 0 Å². The lowest BCUT2D eigenvalue weighted by molar-refractivity contribution is 0.597. The molecule has 0 aliphatic carbocycles. The fourth-order valence-corrected chi connectivity index (χ4v) is 3.98. The average molecular weight is 336 g/mol. The number of alkyl halides is 1. The number of rotatable bonds is 2. The Kier molecular flexibility index (Phi) is 4.27. The van der Waals surface area contributed by atoms with Crippen molar-refractivity contribution in [2.75, 3.05) is 29.5 Å². The van der Waals surface area contributed by atoms with Gasteiger partial charge in [0, 0.05) is 29.7 Å². The largest absolute Gasteiger partial charge is 0.370 e. The Bertz CT molecular complexity index is 533. The first-order valence-corrected chi connectivity index (χ1v) is 8.76. The zero-order valence-electron chi connectivity index (χ0n) is 9.90. The highest BCUT2D eigenvalue weighted by atomic mass is 79.9. The van der Waals surface area contributed by atoms with Gasteiger partial charge in [0.1, 0.15) is 5.82 Å². The maximum Gasteiger partial charge on any atom is 0.152 e. The number of halogens is 2. The summed E-state index contributed by atoms with van der Waals surface area (Å²) < 4.78 is 36.8. The number of hydrogen-bond acceptors (Lipinski definition) is 3. The van der Waals surface area contributed by atoms with Crippen molar-refractivity contribution in [2.45, 2.75) is 11.8 Å². The lowest BCUT2D eigenvalue weighted by atomic mass is 10.1. The smallest absolute Gasteiger partial charge is 0.152 e. The van der Waals surface area contributed by atoms with Gasteiger partial charge in [-0.25, -0.2) is 12.8 Å². The highest BCUT2D eigenvalue weighted by Crippen LogP contribution is 2.26. The molecule has 1 aromatic carbocycles. The summed E-state index contributed by atoms with van der Waals surface area (Å²) in [5, 5.41) is 0.429. The first-order chi connectivity index (χ1) is 8.53. The molecule has 0 atom stereocenters. The fraction of sp³-hybridized carbons (Fsp3) is 0.500. The highest BCUT2D eigenvalue weighted by molar-refractivity contribution is 9.08. The van der Waals surface area contributed by atoms with Crippen molar-refractivity contribution in [1.29, 1.82) is 0 Å². The number of hydrogen-bond donors (Lipinski definition) is 0. The normalized spacial score (nSPS) is 19.6. The Morgan fingerprint density at radius 2 is 2.06 bits per heavy atom. The predicted octanol–water partition coefficient (Wildman–Crippen LogP) is 2.35. The summed E-state index contributed by atoms with van der Waals surface area (Å²) in [6.45, 7) is 1.09. The Labute approximate surface area is 115 Å². The van der Waals surface area contributed by atoms with Crippen LogP contribution in [-0.2, 0) is 15.2 Å². The third-order valence-electron chi connectivity index (χ3n) is 3.12. The maximum atomic E-state index is 13.7. The molecule has 1 aliphatic rings. The summed E-state index contributed by atoms with van der Waals surface area (Å²) in [5.74, 6) is 0.115. The van der Waals surface area contributed by atoms with E-state index in [4.69, 9.17) is 0 Å². The van der Waals surface area contributed by atoms with Crippen LogP contribution in [0.5, 0.6) is 0 Å². The zero-order chi connectivity index (χ0) is 13.2. The molecule has 1 saturated heterocycles. The lowest BCUT2D eigenvalue weighted by Gasteiger charge is -2.24. The van der Waals surface area contributed by atoms with Gasteiger partial charge in [0.2, 0.25) is 0 Å². The van der Waals surface area contributed by atoms with Crippen molar-refractivity contribution >= 4 is 31.5 Å².